The summed E-state index contributed by atoms with van der Waals surface area (Å²) in [6, 6.07) is 16.1. The van der Waals surface area contributed by atoms with Crippen LogP contribution in [0.15, 0.2) is 54.6 Å². The van der Waals surface area contributed by atoms with Crippen LogP contribution in [-0.4, -0.2) is 82.5 Å². The number of carboxylic acids is 1. The fourth-order valence-electron chi connectivity index (χ4n) is 4.94. The highest BCUT2D eigenvalue weighted by molar-refractivity contribution is 5.78. The highest BCUT2D eigenvalue weighted by Gasteiger charge is 2.38. The van der Waals surface area contributed by atoms with Gasteiger partial charge in [0.15, 0.2) is 0 Å². The lowest BCUT2D eigenvalue weighted by Gasteiger charge is -2.27. The van der Waals surface area contributed by atoms with Crippen LogP contribution in [0.25, 0.3) is 0 Å². The van der Waals surface area contributed by atoms with Gasteiger partial charge in [-0.05, 0) is 55.2 Å². The minimum atomic E-state index is -2.50. The minimum Gasteiger partial charge on any atom is -0.477 e. The lowest BCUT2D eigenvalue weighted by Crippen LogP contribution is -2.44. The van der Waals surface area contributed by atoms with Crippen LogP contribution in [0.5, 0.6) is 0 Å². The molecule has 0 bridgehead atoms. The van der Waals surface area contributed by atoms with E-state index in [0.29, 0.717) is 18.8 Å². The first-order chi connectivity index (χ1) is 22.6. The van der Waals surface area contributed by atoms with Crippen LogP contribution in [0.2, 0.25) is 0 Å². The topological polar surface area (TPSA) is 175 Å². The van der Waals surface area contributed by atoms with E-state index < -0.39 is 36.4 Å². The van der Waals surface area contributed by atoms with Crippen LogP contribution in [0.1, 0.15) is 74.5 Å². The average Bonchev–Trinajstić information content (AvgIpc) is 3.07. The number of unbranched alkanes of at least 4 members (excludes halogenated alkanes) is 4. The van der Waals surface area contributed by atoms with E-state index in [1.54, 1.807) is 30.3 Å². The average molecular weight is 655 g/mol. The maximum Gasteiger partial charge on any atom is 0.364 e. The number of rotatable bonds is 25. The molecule has 0 saturated carbocycles. The number of hydrogen-bond donors (Lipinski definition) is 6. The third kappa shape index (κ3) is 17.1. The van der Waals surface area contributed by atoms with Crippen molar-refractivity contribution in [3.63, 3.8) is 0 Å². The van der Waals surface area contributed by atoms with Gasteiger partial charge in [0.05, 0.1) is 19.1 Å². The number of hydrogen-bond acceptors (Lipinski definition) is 8. The van der Waals surface area contributed by atoms with E-state index in [0.717, 1.165) is 44.1 Å². The maximum atomic E-state index is 12.5. The zero-order chi connectivity index (χ0) is 34.3. The summed E-state index contributed by atoms with van der Waals surface area (Å²) in [7, 11) is 0. The van der Waals surface area contributed by atoms with Crippen molar-refractivity contribution in [2.75, 3.05) is 26.4 Å². The molecule has 47 heavy (non-hydrogen) atoms. The van der Waals surface area contributed by atoms with Crippen molar-refractivity contribution >= 4 is 17.8 Å². The number of carbonyl (C=O) groups is 3. The molecule has 11 heteroatoms. The molecule has 0 heterocycles. The van der Waals surface area contributed by atoms with Crippen molar-refractivity contribution in [3.8, 4) is 12.3 Å². The zero-order valence-electron chi connectivity index (χ0n) is 27.1. The quantitative estimate of drug-likeness (QED) is 0.0535. The molecule has 0 aliphatic carbocycles. The van der Waals surface area contributed by atoms with Crippen molar-refractivity contribution in [1.29, 1.82) is 0 Å². The second kappa shape index (κ2) is 22.7. The Morgan fingerprint density at radius 3 is 2.23 bits per heavy atom. The summed E-state index contributed by atoms with van der Waals surface area (Å²) in [5.41, 5.74) is 2.76. The molecule has 0 saturated heterocycles. The summed E-state index contributed by atoms with van der Waals surface area (Å²) in [6.45, 7) is 0.167. The Morgan fingerprint density at radius 1 is 0.872 bits per heavy atom. The molecule has 2 amide bonds. The van der Waals surface area contributed by atoms with E-state index in [9.17, 15) is 34.8 Å². The summed E-state index contributed by atoms with van der Waals surface area (Å²) >= 11 is 0. The van der Waals surface area contributed by atoms with Gasteiger partial charge in [-0.25, -0.2) is 4.79 Å². The number of nitrogens with one attached hydrogen (secondary N) is 2. The first-order valence-electron chi connectivity index (χ1n) is 16.2. The van der Waals surface area contributed by atoms with Crippen LogP contribution in [0, 0.1) is 12.3 Å². The van der Waals surface area contributed by atoms with Gasteiger partial charge in [-0.2, -0.15) is 0 Å². The number of carbonyl (C=O) groups excluding carboxylic acids is 2. The highest BCUT2D eigenvalue weighted by atomic mass is 16.6. The van der Waals surface area contributed by atoms with Crippen LogP contribution < -0.4 is 10.6 Å². The lowest BCUT2D eigenvalue weighted by molar-refractivity contribution is -0.231. The first kappa shape index (κ1) is 39.4. The maximum absolute atomic E-state index is 12.5. The number of ether oxygens (including phenoxy) is 2. The number of aryl methyl sites for hydroxylation is 1. The van der Waals surface area contributed by atoms with Gasteiger partial charge in [-0.3, -0.25) is 9.59 Å². The monoisotopic (exact) mass is 654 g/mol. The third-order valence-corrected chi connectivity index (χ3v) is 7.71. The molecule has 0 fully saturated rings. The van der Waals surface area contributed by atoms with E-state index in [-0.39, 0.29) is 51.2 Å². The van der Waals surface area contributed by atoms with Crippen molar-refractivity contribution in [2.24, 2.45) is 0 Å². The molecule has 6 N–H and O–H groups in total. The number of benzene rings is 2. The molecule has 0 radical (unpaired) electrons. The Hall–Kier alpha value is -3.79. The largest absolute Gasteiger partial charge is 0.477 e. The Balaban J connectivity index is 1.72. The molecular weight excluding hydrogens is 604 g/mol. The number of aliphatic hydroxyl groups is 3. The normalized spacial score (nSPS) is 13.6. The van der Waals surface area contributed by atoms with Crippen LogP contribution in [-0.2, 0) is 43.3 Å². The van der Waals surface area contributed by atoms with Gasteiger partial charge in [0.1, 0.15) is 13.2 Å². The van der Waals surface area contributed by atoms with E-state index >= 15 is 0 Å². The molecule has 0 aliphatic heterocycles. The third-order valence-electron chi connectivity index (χ3n) is 7.71. The molecular formula is C36H50N2O9. The molecule has 0 aliphatic rings. The van der Waals surface area contributed by atoms with Gasteiger partial charge in [0.25, 0.3) is 5.79 Å². The van der Waals surface area contributed by atoms with Crippen LogP contribution in [0.4, 0.5) is 0 Å². The predicted octanol–water partition coefficient (Wildman–Crippen LogP) is 2.88. The van der Waals surface area contributed by atoms with Crippen LogP contribution >= 0.6 is 0 Å². The zero-order valence-corrected chi connectivity index (χ0v) is 27.1. The van der Waals surface area contributed by atoms with E-state index in [1.807, 2.05) is 24.3 Å². The summed E-state index contributed by atoms with van der Waals surface area (Å²) in [5.74, 6) is -2.52. The molecule has 11 nitrogen and oxygen atoms in total. The lowest BCUT2D eigenvalue weighted by atomic mass is 9.99. The Morgan fingerprint density at radius 2 is 1.55 bits per heavy atom. The highest BCUT2D eigenvalue weighted by Crippen LogP contribution is 2.21. The van der Waals surface area contributed by atoms with Gasteiger partial charge in [-0.15, -0.1) is 6.42 Å². The molecule has 258 valence electrons. The number of amides is 2. The molecule has 2 unspecified atom stereocenters. The van der Waals surface area contributed by atoms with E-state index in [2.05, 4.69) is 16.6 Å². The minimum absolute atomic E-state index is 0.00154. The molecule has 3 atom stereocenters. The van der Waals surface area contributed by atoms with Crippen molar-refractivity contribution < 1.29 is 44.3 Å². The van der Waals surface area contributed by atoms with Gasteiger partial charge in [-0.1, -0.05) is 79.8 Å². The number of aliphatic hydroxyl groups excluding tert-OH is 2. The van der Waals surface area contributed by atoms with Gasteiger partial charge < -0.3 is 40.5 Å². The number of terminal acetylenes is 1. The molecule has 2 aromatic carbocycles. The first-order valence-corrected chi connectivity index (χ1v) is 16.2. The smallest absolute Gasteiger partial charge is 0.364 e. The van der Waals surface area contributed by atoms with Gasteiger partial charge >= 0.3 is 5.97 Å². The Bertz CT molecular complexity index is 1230. The molecule has 0 aromatic heterocycles. The van der Waals surface area contributed by atoms with Crippen molar-refractivity contribution in [1.82, 2.24) is 10.6 Å². The van der Waals surface area contributed by atoms with Gasteiger partial charge in [0, 0.05) is 25.6 Å². The second-order valence-electron chi connectivity index (χ2n) is 11.6. The summed E-state index contributed by atoms with van der Waals surface area (Å²) in [5, 5.41) is 45.2. The van der Waals surface area contributed by atoms with Gasteiger partial charge in [0.2, 0.25) is 11.8 Å². The summed E-state index contributed by atoms with van der Waals surface area (Å²) in [6.07, 6.45) is 10.9. The van der Waals surface area contributed by atoms with E-state index in [4.69, 9.17) is 15.9 Å². The fraction of sp³-hybridized carbons (Fsp3) is 0.528. The van der Waals surface area contributed by atoms with E-state index in [1.165, 1.54) is 5.56 Å². The van der Waals surface area contributed by atoms with Crippen molar-refractivity contribution in [3.05, 3.63) is 71.3 Å². The predicted molar refractivity (Wildman–Crippen MR) is 177 cm³/mol. The fourth-order valence-corrected chi connectivity index (χ4v) is 4.94. The number of carboxylic acid groups (broad SMARTS) is 1. The summed E-state index contributed by atoms with van der Waals surface area (Å²) < 4.78 is 10.6. The Kier molecular flexibility index (Phi) is 19.0. The molecule has 2 aromatic rings. The molecule has 2 rings (SSSR count). The SMILES string of the molecule is C#CCOCCCCCCCc1ccc(CC(=O)NCC(O)CCC(CC[C@](O)(OCc2ccccc2)C(=O)O)NC(=O)CO)cc1. The van der Waals surface area contributed by atoms with Crippen LogP contribution in [0.3, 0.4) is 0 Å². The summed E-state index contributed by atoms with van der Waals surface area (Å²) in [4.78, 5) is 36.2. The number of aliphatic carboxylic acids is 1. The second-order valence-corrected chi connectivity index (χ2v) is 11.6. The molecule has 0 spiro atoms. The van der Waals surface area contributed by atoms with Crippen molar-refractivity contribution in [2.45, 2.75) is 95.2 Å². The Labute approximate surface area is 277 Å². The standard InChI is InChI=1S/C36H50N2O9/c1-2-22-46-23-10-5-3-4-7-11-28-14-16-29(17-15-28)24-33(41)37-25-32(40)19-18-31(38-34(42)26-39)20-21-36(45,35(43)44)47-27-30-12-8-6-9-13-30/h1,6,8-9,12-17,31-32,39-40,45H,3-5,7,10-11,18-27H2,(H,37,41)(H,38,42)(H,43,44)/t31?,32?,36-/m0/s1.